The quantitative estimate of drug-likeness (QED) is 0.462. The van der Waals surface area contributed by atoms with E-state index in [9.17, 15) is 14.4 Å². The zero-order chi connectivity index (χ0) is 22.8. The lowest BCUT2D eigenvalue weighted by molar-refractivity contribution is -0.166. The van der Waals surface area contributed by atoms with Crippen LogP contribution in [-0.4, -0.2) is 69.0 Å². The molecule has 0 aromatic carbocycles. The van der Waals surface area contributed by atoms with E-state index in [1.807, 2.05) is 6.08 Å². The lowest BCUT2D eigenvalue weighted by Gasteiger charge is -2.23. The Morgan fingerprint density at radius 1 is 1.06 bits per heavy atom. The Balaban J connectivity index is 1.73. The molecule has 32 heavy (non-hydrogen) atoms. The highest BCUT2D eigenvalue weighted by Crippen LogP contribution is 2.36. The van der Waals surface area contributed by atoms with Crippen LogP contribution < -0.4 is 0 Å². The number of hydrogen-bond acceptors (Lipinski definition) is 11. The van der Waals surface area contributed by atoms with Gasteiger partial charge in [0.25, 0.3) is 0 Å². The molecule has 0 N–H and O–H groups in total. The second kappa shape index (κ2) is 8.91. The second-order valence-electron chi connectivity index (χ2n) is 7.27. The van der Waals surface area contributed by atoms with E-state index in [2.05, 4.69) is 15.0 Å². The van der Waals surface area contributed by atoms with Gasteiger partial charge in [0.15, 0.2) is 24.1 Å². The first-order valence-corrected chi connectivity index (χ1v) is 9.99. The molecule has 0 radical (unpaired) electrons. The number of carbonyl (C=O) groups excluding carboxylic acids is 3. The van der Waals surface area contributed by atoms with Crippen molar-refractivity contribution in [1.82, 2.24) is 19.5 Å². The Hall–Kier alpha value is -3.54. The summed E-state index contributed by atoms with van der Waals surface area (Å²) < 4.78 is 29.1. The van der Waals surface area contributed by atoms with Gasteiger partial charge in [-0.1, -0.05) is 0 Å². The van der Waals surface area contributed by atoms with Crippen molar-refractivity contribution in [3.8, 4) is 0 Å². The van der Waals surface area contributed by atoms with Crippen LogP contribution in [0.2, 0.25) is 0 Å². The zero-order valence-corrected chi connectivity index (χ0v) is 17.7. The molecule has 0 bridgehead atoms. The average Bonchev–Trinajstić information content (AvgIpc) is 3.46. The molecule has 2 aromatic heterocycles. The molecule has 12 heteroatoms. The monoisotopic (exact) mass is 446 g/mol. The molecule has 2 aromatic rings. The number of aromatic nitrogens is 4. The van der Waals surface area contributed by atoms with Gasteiger partial charge in [-0.15, -0.1) is 0 Å². The predicted octanol–water partition coefficient (Wildman–Crippen LogP) is 0.911. The van der Waals surface area contributed by atoms with E-state index in [0.29, 0.717) is 29.2 Å². The standard InChI is InChI=1S/C20H22N4O8/c1-10(25)29-7-14-17(30-11(2)26)18(31-12(3)27)20(32-14)24-9-23-16-15(13-5-4-6-28-13)21-8-22-19(16)24/h5,8-9,14,17-18,20H,4,6-7H2,1-3H3/t14-,17-,18-,20-/m1/s1. The number of nitrogens with zero attached hydrogens (tertiary/aromatic N) is 4. The van der Waals surface area contributed by atoms with Crippen LogP contribution in [0.4, 0.5) is 0 Å². The summed E-state index contributed by atoms with van der Waals surface area (Å²) in [6, 6.07) is 0. The molecule has 4 rings (SSSR count). The molecule has 170 valence electrons. The van der Waals surface area contributed by atoms with Crippen molar-refractivity contribution in [1.29, 1.82) is 0 Å². The summed E-state index contributed by atoms with van der Waals surface area (Å²) in [6.07, 6.45) is 1.65. The summed E-state index contributed by atoms with van der Waals surface area (Å²) in [5, 5.41) is 0. The molecular weight excluding hydrogens is 424 g/mol. The first-order chi connectivity index (χ1) is 15.3. The van der Waals surface area contributed by atoms with Crippen LogP contribution in [0.1, 0.15) is 39.1 Å². The van der Waals surface area contributed by atoms with Crippen LogP contribution in [0, 0.1) is 0 Å². The van der Waals surface area contributed by atoms with Crippen LogP contribution in [0.25, 0.3) is 16.9 Å². The van der Waals surface area contributed by atoms with E-state index in [1.54, 1.807) is 4.57 Å². The van der Waals surface area contributed by atoms with Gasteiger partial charge >= 0.3 is 17.9 Å². The minimum absolute atomic E-state index is 0.199. The number of fused-ring (bicyclic) bond motifs is 1. The number of rotatable bonds is 6. The van der Waals surface area contributed by atoms with Crippen LogP contribution >= 0.6 is 0 Å². The van der Waals surface area contributed by atoms with Gasteiger partial charge in [-0.25, -0.2) is 15.0 Å². The highest BCUT2D eigenvalue weighted by Gasteiger charge is 2.51. The fourth-order valence-corrected chi connectivity index (χ4v) is 3.72. The van der Waals surface area contributed by atoms with Gasteiger partial charge in [-0.05, 0) is 6.08 Å². The van der Waals surface area contributed by atoms with E-state index in [1.165, 1.54) is 33.4 Å². The van der Waals surface area contributed by atoms with Gasteiger partial charge in [0, 0.05) is 27.2 Å². The number of carbonyl (C=O) groups is 3. The van der Waals surface area contributed by atoms with Crippen molar-refractivity contribution in [3.05, 3.63) is 24.4 Å². The molecule has 0 unspecified atom stereocenters. The fraction of sp³-hybridized carbons (Fsp3) is 0.500. The fourth-order valence-electron chi connectivity index (χ4n) is 3.72. The Kier molecular flexibility index (Phi) is 6.04. The molecule has 1 saturated heterocycles. The maximum atomic E-state index is 11.8. The molecule has 0 amide bonds. The summed E-state index contributed by atoms with van der Waals surface area (Å²) in [6.45, 7) is 4.07. The van der Waals surface area contributed by atoms with Crippen molar-refractivity contribution in [2.24, 2.45) is 0 Å². The maximum absolute atomic E-state index is 11.8. The van der Waals surface area contributed by atoms with E-state index < -0.39 is 42.4 Å². The smallest absolute Gasteiger partial charge is 0.303 e. The zero-order valence-electron chi connectivity index (χ0n) is 17.7. The highest BCUT2D eigenvalue weighted by atomic mass is 16.7. The topological polar surface area (TPSA) is 141 Å². The number of esters is 3. The Morgan fingerprint density at radius 2 is 1.81 bits per heavy atom. The van der Waals surface area contributed by atoms with Crippen LogP contribution in [0.15, 0.2) is 18.7 Å². The Morgan fingerprint density at radius 3 is 2.47 bits per heavy atom. The number of hydrogen-bond donors (Lipinski definition) is 0. The lowest BCUT2D eigenvalue weighted by atomic mass is 10.1. The third kappa shape index (κ3) is 4.26. The molecule has 2 aliphatic heterocycles. The van der Waals surface area contributed by atoms with Crippen molar-refractivity contribution in [2.45, 2.75) is 51.7 Å². The summed E-state index contributed by atoms with van der Waals surface area (Å²) in [5.41, 5.74) is 1.41. The van der Waals surface area contributed by atoms with Crippen LogP contribution in [-0.2, 0) is 38.1 Å². The SMILES string of the molecule is CC(=O)OC[C@H]1O[C@@H](n2cnc3c(C4=CCCO4)ncnc32)[C@H](OC(C)=O)[C@@H]1OC(C)=O. The van der Waals surface area contributed by atoms with Gasteiger partial charge < -0.3 is 23.7 Å². The first kappa shape index (κ1) is 21.7. The van der Waals surface area contributed by atoms with Gasteiger partial charge in [0.1, 0.15) is 36.0 Å². The van der Waals surface area contributed by atoms with E-state index in [4.69, 9.17) is 23.7 Å². The molecule has 4 atom stereocenters. The van der Waals surface area contributed by atoms with E-state index in [-0.39, 0.29) is 6.61 Å². The lowest BCUT2D eigenvalue weighted by Crippen LogP contribution is -2.40. The van der Waals surface area contributed by atoms with Gasteiger partial charge in [0.2, 0.25) is 0 Å². The van der Waals surface area contributed by atoms with E-state index >= 15 is 0 Å². The molecule has 4 heterocycles. The minimum Gasteiger partial charge on any atom is -0.491 e. The average molecular weight is 446 g/mol. The summed E-state index contributed by atoms with van der Waals surface area (Å²) in [7, 11) is 0. The van der Waals surface area contributed by atoms with Gasteiger partial charge in [-0.2, -0.15) is 0 Å². The molecule has 0 spiro atoms. The van der Waals surface area contributed by atoms with E-state index in [0.717, 1.165) is 6.42 Å². The van der Waals surface area contributed by atoms with Crippen molar-refractivity contribution in [3.63, 3.8) is 0 Å². The minimum atomic E-state index is -1.03. The molecular formula is C20H22N4O8. The maximum Gasteiger partial charge on any atom is 0.303 e. The summed E-state index contributed by atoms with van der Waals surface area (Å²) in [5.74, 6) is -1.12. The largest absolute Gasteiger partial charge is 0.491 e. The molecule has 0 aliphatic carbocycles. The van der Waals surface area contributed by atoms with Crippen molar-refractivity contribution < 1.29 is 38.1 Å². The molecule has 12 nitrogen and oxygen atoms in total. The predicted molar refractivity (Wildman–Crippen MR) is 106 cm³/mol. The number of imidazole rings is 1. The second-order valence-corrected chi connectivity index (χ2v) is 7.27. The summed E-state index contributed by atoms with van der Waals surface area (Å²) >= 11 is 0. The van der Waals surface area contributed by atoms with Crippen LogP contribution in [0.5, 0.6) is 0 Å². The van der Waals surface area contributed by atoms with Gasteiger partial charge in [-0.3, -0.25) is 19.0 Å². The van der Waals surface area contributed by atoms with Crippen LogP contribution in [0.3, 0.4) is 0 Å². The molecule has 1 fully saturated rings. The third-order valence-electron chi connectivity index (χ3n) is 4.91. The third-order valence-corrected chi connectivity index (χ3v) is 4.91. The Bertz CT molecular complexity index is 1080. The van der Waals surface area contributed by atoms with Crippen molar-refractivity contribution >= 4 is 34.8 Å². The molecule has 0 saturated carbocycles. The number of ether oxygens (including phenoxy) is 5. The first-order valence-electron chi connectivity index (χ1n) is 9.99. The summed E-state index contributed by atoms with van der Waals surface area (Å²) in [4.78, 5) is 47.9. The Labute approximate surface area is 182 Å². The normalized spacial score (nSPS) is 24.7. The van der Waals surface area contributed by atoms with Crippen molar-refractivity contribution in [2.75, 3.05) is 13.2 Å². The highest BCUT2D eigenvalue weighted by molar-refractivity contribution is 5.83. The molecule has 2 aliphatic rings. The van der Waals surface area contributed by atoms with Gasteiger partial charge in [0.05, 0.1) is 12.9 Å².